The van der Waals surface area contributed by atoms with Crippen LogP contribution in [0.1, 0.15) is 45.3 Å². The predicted molar refractivity (Wildman–Crippen MR) is 88.5 cm³/mol. The van der Waals surface area contributed by atoms with E-state index in [2.05, 4.69) is 20.4 Å². The number of hydrogen-bond acceptors (Lipinski definition) is 7. The van der Waals surface area contributed by atoms with Gasteiger partial charge in [-0.25, -0.2) is 4.79 Å². The summed E-state index contributed by atoms with van der Waals surface area (Å²) in [4.78, 5) is 20.0. The third kappa shape index (κ3) is 5.47. The van der Waals surface area contributed by atoms with E-state index in [0.717, 1.165) is 0 Å². The normalized spacial score (nSPS) is 12.2. The van der Waals surface area contributed by atoms with Crippen molar-refractivity contribution in [3.63, 3.8) is 0 Å². The Morgan fingerprint density at radius 1 is 1.46 bits per heavy atom. The average Bonchev–Trinajstić information content (AvgIpc) is 2.95. The molecule has 2 N–H and O–H groups in total. The smallest absolute Gasteiger partial charge is 0.408 e. The van der Waals surface area contributed by atoms with Gasteiger partial charge in [-0.1, -0.05) is 5.16 Å². The van der Waals surface area contributed by atoms with Crippen molar-refractivity contribution in [1.29, 1.82) is 0 Å². The summed E-state index contributed by atoms with van der Waals surface area (Å²) in [5, 5.41) is 15.6. The number of alkyl carbamates (subject to hydrolysis) is 1. The number of halogens is 1. The number of nitrogens with zero attached hydrogens (tertiary/aromatic N) is 3. The van der Waals surface area contributed by atoms with Crippen LogP contribution >= 0.6 is 12.4 Å². The first-order valence-electron chi connectivity index (χ1n) is 7.18. The lowest BCUT2D eigenvalue weighted by Gasteiger charge is -2.20. The molecule has 9 heteroatoms. The van der Waals surface area contributed by atoms with Gasteiger partial charge in [-0.15, -0.1) is 12.4 Å². The van der Waals surface area contributed by atoms with Crippen LogP contribution in [0.2, 0.25) is 0 Å². The number of aromatic nitrogens is 3. The number of pyridine rings is 1. The minimum absolute atomic E-state index is 0. The Kier molecular flexibility index (Phi) is 6.68. The number of carbonyl (C=O) groups is 1. The number of hydrogen-bond donors (Lipinski definition) is 2. The van der Waals surface area contributed by atoms with Crippen molar-refractivity contribution in [2.45, 2.75) is 45.9 Å². The van der Waals surface area contributed by atoms with Crippen LogP contribution in [0, 0.1) is 0 Å². The Balaban J connectivity index is 0.00000288. The average molecular weight is 357 g/mol. The molecule has 0 radical (unpaired) electrons. The molecule has 2 rings (SSSR count). The number of nitrogens with one attached hydrogen (secondary N) is 1. The molecule has 8 nitrogen and oxygen atoms in total. The highest BCUT2D eigenvalue weighted by Crippen LogP contribution is 2.19. The van der Waals surface area contributed by atoms with E-state index in [0.29, 0.717) is 17.1 Å². The van der Waals surface area contributed by atoms with Gasteiger partial charge in [0, 0.05) is 11.8 Å². The van der Waals surface area contributed by atoms with Crippen molar-refractivity contribution in [3.05, 3.63) is 29.9 Å². The second kappa shape index (κ2) is 8.07. The number of ether oxygens (including phenoxy) is 1. The third-order valence-electron chi connectivity index (χ3n) is 2.78. The Hall–Kier alpha value is -2.19. The quantitative estimate of drug-likeness (QED) is 0.866. The molecule has 0 aromatic carbocycles. The molecular formula is C15H21ClN4O4. The van der Waals surface area contributed by atoms with Gasteiger partial charge in [-0.3, -0.25) is 4.98 Å². The SMILES string of the molecule is CC(NC(=O)OC(C)(C)C)c1nc(-c2ccnc(CO)c2)no1.Cl. The van der Waals surface area contributed by atoms with Gasteiger partial charge in [0.2, 0.25) is 11.7 Å². The van der Waals surface area contributed by atoms with Crippen molar-refractivity contribution < 1.29 is 19.2 Å². The lowest BCUT2D eigenvalue weighted by atomic mass is 10.2. The lowest BCUT2D eigenvalue weighted by Crippen LogP contribution is -2.34. The summed E-state index contributed by atoms with van der Waals surface area (Å²) in [6.07, 6.45) is 0.996. The van der Waals surface area contributed by atoms with Crippen molar-refractivity contribution in [2.75, 3.05) is 0 Å². The first kappa shape index (κ1) is 19.9. The molecule has 1 unspecified atom stereocenters. The van der Waals surface area contributed by atoms with E-state index in [1.54, 1.807) is 46.0 Å². The fourth-order valence-electron chi connectivity index (χ4n) is 1.78. The largest absolute Gasteiger partial charge is 0.444 e. The zero-order valence-corrected chi connectivity index (χ0v) is 14.8. The first-order chi connectivity index (χ1) is 10.8. The molecule has 2 aromatic rings. The van der Waals surface area contributed by atoms with Crippen molar-refractivity contribution in [1.82, 2.24) is 20.4 Å². The number of aliphatic hydroxyl groups excluding tert-OH is 1. The van der Waals surface area contributed by atoms with Crippen LogP contribution < -0.4 is 5.32 Å². The molecule has 0 aliphatic carbocycles. The molecule has 2 aromatic heterocycles. The number of rotatable bonds is 4. The fraction of sp³-hybridized carbons (Fsp3) is 0.467. The second-order valence-corrected chi connectivity index (χ2v) is 6.02. The molecule has 24 heavy (non-hydrogen) atoms. The summed E-state index contributed by atoms with van der Waals surface area (Å²) >= 11 is 0. The topological polar surface area (TPSA) is 110 Å². The van der Waals surface area contributed by atoms with E-state index >= 15 is 0 Å². The predicted octanol–water partition coefficient (Wildman–Crippen LogP) is 2.63. The first-order valence-corrected chi connectivity index (χ1v) is 7.18. The van der Waals surface area contributed by atoms with Crippen LogP contribution in [-0.4, -0.2) is 31.9 Å². The molecule has 0 aliphatic rings. The molecule has 0 aliphatic heterocycles. The van der Waals surface area contributed by atoms with Gasteiger partial charge >= 0.3 is 6.09 Å². The number of carbonyl (C=O) groups excluding carboxylic acids is 1. The van der Waals surface area contributed by atoms with E-state index in [9.17, 15) is 4.79 Å². The van der Waals surface area contributed by atoms with Crippen LogP contribution in [0.4, 0.5) is 4.79 Å². The van der Waals surface area contributed by atoms with E-state index in [1.165, 1.54) is 0 Å². The Labute approximate surface area is 146 Å². The maximum atomic E-state index is 11.7. The molecule has 1 amide bonds. The monoisotopic (exact) mass is 356 g/mol. The number of aliphatic hydroxyl groups is 1. The molecule has 132 valence electrons. The van der Waals surface area contributed by atoms with Crippen LogP contribution in [0.5, 0.6) is 0 Å². The Morgan fingerprint density at radius 3 is 2.79 bits per heavy atom. The van der Waals surface area contributed by atoms with E-state index in [1.807, 2.05) is 0 Å². The highest BCUT2D eigenvalue weighted by atomic mass is 35.5. The lowest BCUT2D eigenvalue weighted by molar-refractivity contribution is 0.0499. The Bertz CT molecular complexity index is 684. The van der Waals surface area contributed by atoms with E-state index < -0.39 is 17.7 Å². The second-order valence-electron chi connectivity index (χ2n) is 6.02. The van der Waals surface area contributed by atoms with Gasteiger partial charge in [0.15, 0.2) is 0 Å². The van der Waals surface area contributed by atoms with Gasteiger partial charge in [-0.05, 0) is 39.8 Å². The molecule has 0 saturated carbocycles. The van der Waals surface area contributed by atoms with Gasteiger partial charge in [0.25, 0.3) is 0 Å². The van der Waals surface area contributed by atoms with E-state index in [-0.39, 0.29) is 24.9 Å². The summed E-state index contributed by atoms with van der Waals surface area (Å²) in [6, 6.07) is 2.88. The van der Waals surface area contributed by atoms with Gasteiger partial charge in [-0.2, -0.15) is 4.98 Å². The zero-order valence-electron chi connectivity index (χ0n) is 13.9. The number of amides is 1. The fourth-order valence-corrected chi connectivity index (χ4v) is 1.78. The summed E-state index contributed by atoms with van der Waals surface area (Å²) in [6.45, 7) is 6.89. The zero-order chi connectivity index (χ0) is 17.0. The summed E-state index contributed by atoms with van der Waals surface area (Å²) < 4.78 is 10.3. The molecule has 0 bridgehead atoms. The molecule has 1 atom stereocenters. The highest BCUT2D eigenvalue weighted by Gasteiger charge is 2.21. The minimum Gasteiger partial charge on any atom is -0.444 e. The van der Waals surface area contributed by atoms with Crippen molar-refractivity contribution >= 4 is 18.5 Å². The van der Waals surface area contributed by atoms with Crippen molar-refractivity contribution in [3.8, 4) is 11.4 Å². The standard InChI is InChI=1S/C15H20N4O4.ClH/c1-9(17-14(21)22-15(2,3)4)13-18-12(19-23-13)10-5-6-16-11(7-10)8-20;/h5-7,9,20H,8H2,1-4H3,(H,17,21);1H. The van der Waals surface area contributed by atoms with Crippen LogP contribution in [0.15, 0.2) is 22.9 Å². The maximum Gasteiger partial charge on any atom is 0.408 e. The minimum atomic E-state index is -0.582. The molecule has 0 fully saturated rings. The molecule has 2 heterocycles. The van der Waals surface area contributed by atoms with Crippen LogP contribution in [-0.2, 0) is 11.3 Å². The highest BCUT2D eigenvalue weighted by molar-refractivity contribution is 5.85. The summed E-state index contributed by atoms with van der Waals surface area (Å²) in [7, 11) is 0. The molecule has 0 saturated heterocycles. The molecule has 0 spiro atoms. The van der Waals surface area contributed by atoms with Crippen LogP contribution in [0.3, 0.4) is 0 Å². The van der Waals surface area contributed by atoms with Gasteiger partial charge < -0.3 is 19.7 Å². The van der Waals surface area contributed by atoms with Gasteiger partial charge in [0.05, 0.1) is 12.3 Å². The summed E-state index contributed by atoms with van der Waals surface area (Å²) in [5.74, 6) is 0.614. The van der Waals surface area contributed by atoms with E-state index in [4.69, 9.17) is 14.4 Å². The third-order valence-corrected chi connectivity index (χ3v) is 2.78. The van der Waals surface area contributed by atoms with Crippen LogP contribution in [0.25, 0.3) is 11.4 Å². The van der Waals surface area contributed by atoms with Crippen molar-refractivity contribution in [2.24, 2.45) is 0 Å². The Morgan fingerprint density at radius 2 is 2.17 bits per heavy atom. The van der Waals surface area contributed by atoms with Gasteiger partial charge in [0.1, 0.15) is 11.6 Å². The maximum absolute atomic E-state index is 11.7. The summed E-state index contributed by atoms with van der Waals surface area (Å²) in [5.41, 5.74) is 0.596. The molecular weight excluding hydrogens is 336 g/mol.